The zero-order valence-corrected chi connectivity index (χ0v) is 11.3. The lowest BCUT2D eigenvalue weighted by atomic mass is 9.81. The van der Waals surface area contributed by atoms with Crippen molar-refractivity contribution >= 4 is 15.9 Å². The lowest BCUT2D eigenvalue weighted by Gasteiger charge is -2.18. The van der Waals surface area contributed by atoms with Crippen molar-refractivity contribution in [2.45, 2.75) is 25.4 Å². The maximum Gasteiger partial charge on any atom is 0.389 e. The second-order valence-corrected chi connectivity index (χ2v) is 4.98. The molecule has 19 heavy (non-hydrogen) atoms. The average molecular weight is 332 g/mol. The van der Waals surface area contributed by atoms with E-state index in [4.69, 9.17) is 10.5 Å². The standard InChI is InChI=1S/C12H9BrF3N3/c13-9-1-2-10(19-6-9)5-11(7-17,8-18)3-4-12(14,15)16/h1-2,6H,3-5H2. The molecule has 0 aliphatic rings. The van der Waals surface area contributed by atoms with E-state index in [1.165, 1.54) is 6.20 Å². The summed E-state index contributed by atoms with van der Waals surface area (Å²) < 4.78 is 37.3. The molecular formula is C12H9BrF3N3. The smallest absolute Gasteiger partial charge is 0.260 e. The van der Waals surface area contributed by atoms with Crippen LogP contribution in [0.15, 0.2) is 22.8 Å². The number of hydrogen-bond acceptors (Lipinski definition) is 3. The van der Waals surface area contributed by atoms with Crippen molar-refractivity contribution in [2.24, 2.45) is 5.41 Å². The Morgan fingerprint density at radius 3 is 2.21 bits per heavy atom. The Hall–Kier alpha value is -1.60. The highest BCUT2D eigenvalue weighted by molar-refractivity contribution is 9.10. The maximum absolute atomic E-state index is 12.2. The van der Waals surface area contributed by atoms with Crippen molar-refractivity contribution in [2.75, 3.05) is 0 Å². The van der Waals surface area contributed by atoms with Gasteiger partial charge in [0.05, 0.1) is 12.1 Å². The molecule has 0 spiro atoms. The van der Waals surface area contributed by atoms with Crippen LogP contribution in [0.3, 0.4) is 0 Å². The highest BCUT2D eigenvalue weighted by Crippen LogP contribution is 2.32. The van der Waals surface area contributed by atoms with Crippen molar-refractivity contribution in [3.05, 3.63) is 28.5 Å². The monoisotopic (exact) mass is 331 g/mol. The summed E-state index contributed by atoms with van der Waals surface area (Å²) in [4.78, 5) is 3.97. The second-order valence-electron chi connectivity index (χ2n) is 4.07. The van der Waals surface area contributed by atoms with Crippen LogP contribution < -0.4 is 0 Å². The SMILES string of the molecule is N#CC(C#N)(CCC(F)(F)F)Cc1ccc(Br)cn1. The van der Waals surface area contributed by atoms with Crippen LogP contribution >= 0.6 is 15.9 Å². The molecule has 7 heteroatoms. The third-order valence-electron chi connectivity index (χ3n) is 2.53. The van der Waals surface area contributed by atoms with Crippen LogP contribution in [-0.4, -0.2) is 11.2 Å². The molecule has 0 amide bonds. The predicted octanol–water partition coefficient (Wildman–Crippen LogP) is 3.76. The average Bonchev–Trinajstić information content (AvgIpc) is 2.36. The number of aromatic nitrogens is 1. The van der Waals surface area contributed by atoms with E-state index in [9.17, 15) is 13.2 Å². The number of nitrogens with zero attached hydrogens (tertiary/aromatic N) is 3. The van der Waals surface area contributed by atoms with E-state index in [2.05, 4.69) is 20.9 Å². The molecule has 1 aromatic rings. The van der Waals surface area contributed by atoms with Gasteiger partial charge in [0.2, 0.25) is 0 Å². The number of rotatable bonds is 4. The highest BCUT2D eigenvalue weighted by atomic mass is 79.9. The molecule has 0 aliphatic carbocycles. The molecule has 0 fully saturated rings. The van der Waals surface area contributed by atoms with Gasteiger partial charge in [0.1, 0.15) is 5.41 Å². The molecule has 1 heterocycles. The maximum atomic E-state index is 12.2. The van der Waals surface area contributed by atoms with E-state index < -0.39 is 24.4 Å². The fourth-order valence-electron chi connectivity index (χ4n) is 1.48. The van der Waals surface area contributed by atoms with Crippen LogP contribution in [0.4, 0.5) is 13.2 Å². The lowest BCUT2D eigenvalue weighted by molar-refractivity contribution is -0.138. The fraction of sp³-hybridized carbons (Fsp3) is 0.417. The minimum Gasteiger partial charge on any atom is -0.260 e. The van der Waals surface area contributed by atoms with E-state index >= 15 is 0 Å². The van der Waals surface area contributed by atoms with Gasteiger partial charge in [0, 0.05) is 29.2 Å². The van der Waals surface area contributed by atoms with Crippen LogP contribution in [0.25, 0.3) is 0 Å². The van der Waals surface area contributed by atoms with Crippen molar-refractivity contribution in [1.82, 2.24) is 4.98 Å². The first-order valence-corrected chi connectivity index (χ1v) is 6.09. The predicted molar refractivity (Wildman–Crippen MR) is 64.6 cm³/mol. The van der Waals surface area contributed by atoms with Gasteiger partial charge in [-0.25, -0.2) is 0 Å². The van der Waals surface area contributed by atoms with E-state index in [1.54, 1.807) is 24.3 Å². The largest absolute Gasteiger partial charge is 0.389 e. The van der Waals surface area contributed by atoms with Crippen LogP contribution in [0.1, 0.15) is 18.5 Å². The summed E-state index contributed by atoms with van der Waals surface area (Å²) in [6.45, 7) is 0. The summed E-state index contributed by atoms with van der Waals surface area (Å²) >= 11 is 3.17. The Morgan fingerprint density at radius 2 is 1.79 bits per heavy atom. The summed E-state index contributed by atoms with van der Waals surface area (Å²) in [7, 11) is 0. The molecule has 0 aliphatic heterocycles. The Morgan fingerprint density at radius 1 is 1.16 bits per heavy atom. The first-order valence-electron chi connectivity index (χ1n) is 5.30. The quantitative estimate of drug-likeness (QED) is 0.843. The Bertz CT molecular complexity index is 497. The lowest BCUT2D eigenvalue weighted by Crippen LogP contribution is -2.23. The van der Waals surface area contributed by atoms with Crippen LogP contribution in [0, 0.1) is 28.1 Å². The molecule has 0 atom stereocenters. The minimum absolute atomic E-state index is 0.122. The number of nitriles is 2. The number of pyridine rings is 1. The molecule has 1 aromatic heterocycles. The third kappa shape index (κ3) is 4.88. The van der Waals surface area contributed by atoms with Gasteiger partial charge in [-0.3, -0.25) is 4.98 Å². The number of hydrogen-bond donors (Lipinski definition) is 0. The first kappa shape index (κ1) is 15.5. The van der Waals surface area contributed by atoms with Crippen LogP contribution in [0.2, 0.25) is 0 Å². The van der Waals surface area contributed by atoms with Gasteiger partial charge in [-0.15, -0.1) is 0 Å². The van der Waals surface area contributed by atoms with Gasteiger partial charge < -0.3 is 0 Å². The van der Waals surface area contributed by atoms with Gasteiger partial charge in [-0.1, -0.05) is 0 Å². The molecule has 0 bridgehead atoms. The molecular weight excluding hydrogens is 323 g/mol. The summed E-state index contributed by atoms with van der Waals surface area (Å²) in [5.41, 5.74) is -1.29. The Balaban J connectivity index is 2.86. The third-order valence-corrected chi connectivity index (χ3v) is 3.00. The van der Waals surface area contributed by atoms with Crippen molar-refractivity contribution in [3.63, 3.8) is 0 Å². The van der Waals surface area contributed by atoms with Crippen molar-refractivity contribution in [3.8, 4) is 12.1 Å². The van der Waals surface area contributed by atoms with Gasteiger partial charge >= 0.3 is 6.18 Å². The normalized spacial score (nSPS) is 11.7. The number of alkyl halides is 3. The Kier molecular flexibility index (Phi) is 4.90. The molecule has 0 N–H and O–H groups in total. The molecule has 0 unspecified atom stereocenters. The van der Waals surface area contributed by atoms with Gasteiger partial charge in [-0.2, -0.15) is 23.7 Å². The molecule has 0 saturated carbocycles. The van der Waals surface area contributed by atoms with Gasteiger partial charge in [0.25, 0.3) is 0 Å². The summed E-state index contributed by atoms with van der Waals surface area (Å²) in [6, 6.07) is 6.61. The summed E-state index contributed by atoms with van der Waals surface area (Å²) in [5.74, 6) is 0. The zero-order valence-electron chi connectivity index (χ0n) is 9.71. The summed E-state index contributed by atoms with van der Waals surface area (Å²) in [5, 5.41) is 18.0. The Labute approximate surface area is 116 Å². The van der Waals surface area contributed by atoms with Crippen LogP contribution in [0.5, 0.6) is 0 Å². The molecule has 1 rings (SSSR count). The van der Waals surface area contributed by atoms with Crippen molar-refractivity contribution < 1.29 is 13.2 Å². The molecule has 0 saturated heterocycles. The zero-order chi connectivity index (χ0) is 14.5. The highest BCUT2D eigenvalue weighted by Gasteiger charge is 2.37. The molecule has 0 aromatic carbocycles. The van der Waals surface area contributed by atoms with Crippen molar-refractivity contribution in [1.29, 1.82) is 10.5 Å². The summed E-state index contributed by atoms with van der Waals surface area (Å²) in [6.07, 6.45) is -4.75. The minimum atomic E-state index is -4.38. The first-order chi connectivity index (χ1) is 8.80. The van der Waals surface area contributed by atoms with Gasteiger partial charge in [-0.05, 0) is 34.5 Å². The fourth-order valence-corrected chi connectivity index (χ4v) is 1.71. The topological polar surface area (TPSA) is 60.5 Å². The van der Waals surface area contributed by atoms with E-state index in [-0.39, 0.29) is 6.42 Å². The van der Waals surface area contributed by atoms with E-state index in [0.717, 1.165) is 0 Å². The molecule has 100 valence electrons. The van der Waals surface area contributed by atoms with E-state index in [1.807, 2.05) is 0 Å². The van der Waals surface area contributed by atoms with Gasteiger partial charge in [0.15, 0.2) is 0 Å². The molecule has 3 nitrogen and oxygen atoms in total. The van der Waals surface area contributed by atoms with Crippen LogP contribution in [-0.2, 0) is 6.42 Å². The second kappa shape index (κ2) is 6.03. The van der Waals surface area contributed by atoms with E-state index in [0.29, 0.717) is 10.2 Å². The number of halogens is 4. The molecule has 0 radical (unpaired) electrons.